The quantitative estimate of drug-likeness (QED) is 0.610. The third-order valence-electron chi connectivity index (χ3n) is 8.96. The van der Waals surface area contributed by atoms with E-state index in [4.69, 9.17) is 18.9 Å². The number of hydrogen-bond donors (Lipinski definition) is 1. The van der Waals surface area contributed by atoms with E-state index in [0.29, 0.717) is 41.8 Å². The van der Waals surface area contributed by atoms with Crippen molar-refractivity contribution in [2.45, 2.75) is 64.3 Å². The van der Waals surface area contributed by atoms with Crippen molar-refractivity contribution in [2.75, 3.05) is 28.4 Å². The van der Waals surface area contributed by atoms with Gasteiger partial charge in [0.25, 0.3) is 0 Å². The highest BCUT2D eigenvalue weighted by Gasteiger charge is 2.53. The van der Waals surface area contributed by atoms with Crippen LogP contribution < -0.4 is 19.5 Å². The number of ether oxygens (including phenoxy) is 4. The fourth-order valence-electron chi connectivity index (χ4n) is 7.58. The lowest BCUT2D eigenvalue weighted by Gasteiger charge is -2.45. The number of rotatable bonds is 5. The van der Waals surface area contributed by atoms with Crippen molar-refractivity contribution in [1.29, 1.82) is 0 Å². The summed E-state index contributed by atoms with van der Waals surface area (Å²) in [6.45, 7) is 1.55. The van der Waals surface area contributed by atoms with Crippen molar-refractivity contribution < 1.29 is 28.5 Å². The molecule has 0 aromatic heterocycles. The van der Waals surface area contributed by atoms with Crippen molar-refractivity contribution in [3.8, 4) is 17.2 Å². The van der Waals surface area contributed by atoms with Gasteiger partial charge in [-0.25, -0.2) is 0 Å². The first kappa shape index (κ1) is 25.7. The van der Waals surface area contributed by atoms with Crippen LogP contribution in [0.15, 0.2) is 23.5 Å². The van der Waals surface area contributed by atoms with Gasteiger partial charge in [-0.3, -0.25) is 9.59 Å². The molecule has 1 fully saturated rings. The molecule has 0 heterocycles. The summed E-state index contributed by atoms with van der Waals surface area (Å²) in [5, 5.41) is 3.22. The van der Waals surface area contributed by atoms with Gasteiger partial charge in [0, 0.05) is 18.4 Å². The van der Waals surface area contributed by atoms with E-state index < -0.39 is 0 Å². The Labute approximate surface area is 219 Å². The van der Waals surface area contributed by atoms with Gasteiger partial charge in [-0.15, -0.1) is 0 Å². The summed E-state index contributed by atoms with van der Waals surface area (Å²) in [5.74, 6) is 2.39. The predicted octanol–water partition coefficient (Wildman–Crippen LogP) is 4.86. The summed E-state index contributed by atoms with van der Waals surface area (Å²) in [6, 6.07) is 1.79. The van der Waals surface area contributed by atoms with Crippen LogP contribution in [0.3, 0.4) is 0 Å². The van der Waals surface area contributed by atoms with E-state index in [2.05, 4.69) is 11.4 Å². The Kier molecular flexibility index (Phi) is 7.24. The molecule has 5 atom stereocenters. The highest BCUT2D eigenvalue weighted by atomic mass is 16.5. The summed E-state index contributed by atoms with van der Waals surface area (Å²) in [5.41, 5.74) is 4.22. The molecule has 37 heavy (non-hydrogen) atoms. The van der Waals surface area contributed by atoms with Crippen molar-refractivity contribution >= 4 is 17.3 Å². The standard InChI is InChI=1S/C30H39NO6/c1-16(32)31-21-13-12-17-14-23(35-3)29(36-4)30(37-5)24(17)25-20-15-22(34-2)28(33)26(27(21)25)19-11-9-7-6-8-10-18(19)20/h14-15,18-21,26H,6-13H2,1-5H3,(H,31,32)/t18?,19?,20-,21+,26+/m1/s1. The lowest BCUT2D eigenvalue weighted by Crippen LogP contribution is -2.45. The first-order chi connectivity index (χ1) is 17.9. The van der Waals surface area contributed by atoms with Crippen molar-refractivity contribution in [2.24, 2.45) is 23.7 Å². The van der Waals surface area contributed by atoms with E-state index >= 15 is 0 Å². The zero-order valence-corrected chi connectivity index (χ0v) is 22.6. The normalized spacial score (nSPS) is 28.8. The Morgan fingerprint density at radius 1 is 0.892 bits per heavy atom. The van der Waals surface area contributed by atoms with Crippen LogP contribution in [0.1, 0.15) is 63.0 Å². The maximum absolute atomic E-state index is 14.2. The second-order valence-corrected chi connectivity index (χ2v) is 10.8. The number of Topliss-reactive ketones (excluding diaryl/α,β-unsaturated/α-hetero) is 1. The van der Waals surface area contributed by atoms with Crippen LogP contribution in [0.4, 0.5) is 0 Å². The molecule has 1 aromatic rings. The molecule has 5 aliphatic carbocycles. The highest BCUT2D eigenvalue weighted by molar-refractivity contribution is 6.02. The molecule has 1 N–H and O–H groups in total. The number of carbonyl (C=O) groups excluding carboxylic acids is 2. The lowest BCUT2D eigenvalue weighted by molar-refractivity contribution is -0.124. The molecule has 7 nitrogen and oxygen atoms in total. The molecule has 7 heteroatoms. The summed E-state index contributed by atoms with van der Waals surface area (Å²) in [7, 11) is 6.50. The molecule has 6 rings (SSSR count). The molecule has 5 aliphatic rings. The van der Waals surface area contributed by atoms with Crippen LogP contribution in [0.25, 0.3) is 5.57 Å². The number of ketones is 1. The Morgan fingerprint density at radius 3 is 2.22 bits per heavy atom. The second-order valence-electron chi connectivity index (χ2n) is 10.8. The molecule has 0 spiro atoms. The van der Waals surface area contributed by atoms with Gasteiger partial charge < -0.3 is 24.3 Å². The molecule has 2 bridgehead atoms. The summed E-state index contributed by atoms with van der Waals surface area (Å²) in [4.78, 5) is 26.6. The second kappa shape index (κ2) is 10.4. The number of allylic oxidation sites excluding steroid dienone is 3. The maximum atomic E-state index is 14.2. The first-order valence-corrected chi connectivity index (χ1v) is 13.6. The number of nitrogens with one attached hydrogen (secondary N) is 1. The molecule has 1 saturated carbocycles. The van der Waals surface area contributed by atoms with Gasteiger partial charge in [-0.05, 0) is 66.4 Å². The Morgan fingerprint density at radius 2 is 1.59 bits per heavy atom. The average Bonchev–Trinajstić information content (AvgIpc) is 3.15. The topological polar surface area (TPSA) is 83.1 Å². The first-order valence-electron chi connectivity index (χ1n) is 13.6. The largest absolute Gasteiger partial charge is 0.493 e. The van der Waals surface area contributed by atoms with Crippen LogP contribution >= 0.6 is 0 Å². The van der Waals surface area contributed by atoms with Gasteiger partial charge in [0.15, 0.2) is 17.3 Å². The van der Waals surface area contributed by atoms with Crippen LogP contribution in [-0.4, -0.2) is 46.2 Å². The molecule has 1 aromatic carbocycles. The summed E-state index contributed by atoms with van der Waals surface area (Å²) >= 11 is 0. The summed E-state index contributed by atoms with van der Waals surface area (Å²) in [6.07, 6.45) is 10.3. The number of amides is 1. The van der Waals surface area contributed by atoms with Gasteiger partial charge in [0.05, 0.1) is 40.4 Å². The van der Waals surface area contributed by atoms with Crippen LogP contribution in [-0.2, 0) is 20.7 Å². The zero-order chi connectivity index (χ0) is 26.3. The van der Waals surface area contributed by atoms with Crippen LogP contribution in [0, 0.1) is 23.7 Å². The molecule has 0 radical (unpaired) electrons. The Balaban J connectivity index is 1.85. The average molecular weight is 510 g/mol. The predicted molar refractivity (Wildman–Crippen MR) is 141 cm³/mol. The van der Waals surface area contributed by atoms with Crippen molar-refractivity contribution in [3.63, 3.8) is 0 Å². The number of aryl methyl sites for hydroxylation is 1. The zero-order valence-electron chi connectivity index (χ0n) is 22.6. The lowest BCUT2D eigenvalue weighted by atomic mass is 9.59. The Hall–Kier alpha value is -2.96. The van der Waals surface area contributed by atoms with Crippen LogP contribution in [0.5, 0.6) is 17.2 Å². The minimum Gasteiger partial charge on any atom is -0.493 e. The Bertz CT molecular complexity index is 1150. The van der Waals surface area contributed by atoms with Crippen molar-refractivity contribution in [3.05, 3.63) is 34.6 Å². The van der Waals surface area contributed by atoms with Gasteiger partial charge in [0.1, 0.15) is 0 Å². The molecule has 2 unspecified atom stereocenters. The number of benzene rings is 1. The van der Waals surface area contributed by atoms with Gasteiger partial charge in [-0.1, -0.05) is 25.7 Å². The SMILES string of the molecule is COC1=C[C@H]2C3=C([C@@H](C1=O)C1CCCCCCC12)[C@@H](NC(C)=O)CCc1cc(OC)c(OC)c(OC)c13. The van der Waals surface area contributed by atoms with Crippen LogP contribution in [0.2, 0.25) is 0 Å². The van der Waals surface area contributed by atoms with Gasteiger partial charge in [-0.2, -0.15) is 0 Å². The van der Waals surface area contributed by atoms with Crippen molar-refractivity contribution in [1.82, 2.24) is 5.32 Å². The fourth-order valence-corrected chi connectivity index (χ4v) is 7.58. The van der Waals surface area contributed by atoms with Gasteiger partial charge in [0.2, 0.25) is 17.4 Å². The number of fused-ring (bicyclic) bond motifs is 2. The fraction of sp³-hybridized carbons (Fsp3) is 0.600. The molecule has 200 valence electrons. The third-order valence-corrected chi connectivity index (χ3v) is 8.96. The minimum absolute atomic E-state index is 0.0177. The van der Waals surface area contributed by atoms with E-state index in [9.17, 15) is 9.59 Å². The van der Waals surface area contributed by atoms with E-state index in [1.807, 2.05) is 6.07 Å². The number of hydrogen-bond acceptors (Lipinski definition) is 6. The molecular formula is C30H39NO6. The van der Waals surface area contributed by atoms with E-state index in [1.54, 1.807) is 35.4 Å². The summed E-state index contributed by atoms with van der Waals surface area (Å²) < 4.78 is 23.3. The number of carbonyl (C=O) groups is 2. The molecule has 1 amide bonds. The highest BCUT2D eigenvalue weighted by Crippen LogP contribution is 2.59. The van der Waals surface area contributed by atoms with E-state index in [-0.39, 0.29) is 35.5 Å². The third kappa shape index (κ3) is 4.20. The number of methoxy groups -OCH3 is 4. The maximum Gasteiger partial charge on any atom is 0.217 e. The molecule has 0 aliphatic heterocycles. The smallest absolute Gasteiger partial charge is 0.217 e. The van der Waals surface area contributed by atoms with E-state index in [1.165, 1.54) is 12.8 Å². The van der Waals surface area contributed by atoms with Gasteiger partial charge >= 0.3 is 0 Å². The van der Waals surface area contributed by atoms with E-state index in [0.717, 1.165) is 48.0 Å². The molecule has 0 saturated heterocycles. The minimum atomic E-state index is -0.330. The molecular weight excluding hydrogens is 470 g/mol. The monoisotopic (exact) mass is 509 g/mol.